The normalized spacial score (nSPS) is 29.8. The number of carbonyl (C=O) groups excluding carboxylic acids is 2. The average Bonchev–Trinajstić information content (AvgIpc) is 3.09. The summed E-state index contributed by atoms with van der Waals surface area (Å²) in [5.74, 6) is 0.507. The van der Waals surface area contributed by atoms with Gasteiger partial charge in [-0.05, 0) is 45.6 Å². The topological polar surface area (TPSA) is 55.9 Å². The molecule has 2 amide bonds. The molecule has 2 unspecified atom stereocenters. The van der Waals surface area contributed by atoms with Crippen LogP contribution in [0.25, 0.3) is 0 Å². The van der Waals surface area contributed by atoms with Crippen LogP contribution in [0.3, 0.4) is 0 Å². The van der Waals surface area contributed by atoms with Crippen molar-refractivity contribution in [3.63, 3.8) is 0 Å². The Morgan fingerprint density at radius 3 is 2.43 bits per heavy atom. The lowest BCUT2D eigenvalue weighted by molar-refractivity contribution is -0.137. The Balaban J connectivity index is 1.43. The minimum atomic E-state index is 0.0254. The molecular weight excluding hydrogens is 292 g/mol. The first-order valence-corrected chi connectivity index (χ1v) is 9.19. The number of hydrogen-bond acceptors (Lipinski definition) is 4. The van der Waals surface area contributed by atoms with Crippen LogP contribution in [-0.4, -0.2) is 84.4 Å². The second kappa shape index (κ2) is 7.62. The Morgan fingerprint density at radius 2 is 1.78 bits per heavy atom. The van der Waals surface area contributed by atoms with E-state index < -0.39 is 0 Å². The maximum absolute atomic E-state index is 12.5. The Hall–Kier alpha value is -1.14. The lowest BCUT2D eigenvalue weighted by Gasteiger charge is -2.38. The second-order valence-electron chi connectivity index (χ2n) is 7.18. The standard InChI is InChI=1S/C17H30N4O2/c1-14-5-2-3-8-21(14)16(22)13-19-9-11-20(12-10-19)17(23)15-6-4-7-18-15/h14-15,18H,2-13H2,1H3. The highest BCUT2D eigenvalue weighted by Crippen LogP contribution is 2.17. The molecule has 3 aliphatic heterocycles. The van der Waals surface area contributed by atoms with Crippen LogP contribution in [0.4, 0.5) is 0 Å². The smallest absolute Gasteiger partial charge is 0.239 e. The van der Waals surface area contributed by atoms with E-state index in [2.05, 4.69) is 17.1 Å². The van der Waals surface area contributed by atoms with E-state index >= 15 is 0 Å². The van der Waals surface area contributed by atoms with Gasteiger partial charge in [0.2, 0.25) is 11.8 Å². The zero-order valence-corrected chi connectivity index (χ0v) is 14.3. The molecule has 3 saturated heterocycles. The van der Waals surface area contributed by atoms with Gasteiger partial charge in [0.15, 0.2) is 0 Å². The van der Waals surface area contributed by atoms with E-state index in [4.69, 9.17) is 0 Å². The summed E-state index contributed by atoms with van der Waals surface area (Å²) in [6.45, 7) is 7.65. The first-order chi connectivity index (χ1) is 11.1. The highest BCUT2D eigenvalue weighted by atomic mass is 16.2. The summed E-state index contributed by atoms with van der Waals surface area (Å²) < 4.78 is 0. The van der Waals surface area contributed by atoms with E-state index in [1.165, 1.54) is 6.42 Å². The van der Waals surface area contributed by atoms with Gasteiger partial charge < -0.3 is 15.1 Å². The molecule has 0 bridgehead atoms. The van der Waals surface area contributed by atoms with Gasteiger partial charge in [-0.2, -0.15) is 0 Å². The van der Waals surface area contributed by atoms with Crippen LogP contribution < -0.4 is 5.32 Å². The number of likely N-dealkylation sites (tertiary alicyclic amines) is 1. The molecule has 23 heavy (non-hydrogen) atoms. The van der Waals surface area contributed by atoms with Gasteiger partial charge in [0.25, 0.3) is 0 Å². The van der Waals surface area contributed by atoms with Crippen molar-refractivity contribution in [3.8, 4) is 0 Å². The molecule has 3 heterocycles. The van der Waals surface area contributed by atoms with Gasteiger partial charge in [-0.25, -0.2) is 0 Å². The number of nitrogens with zero attached hydrogens (tertiary/aromatic N) is 3. The number of amides is 2. The van der Waals surface area contributed by atoms with E-state index in [1.807, 2.05) is 9.80 Å². The molecule has 3 fully saturated rings. The van der Waals surface area contributed by atoms with Gasteiger partial charge in [-0.1, -0.05) is 0 Å². The van der Waals surface area contributed by atoms with Crippen molar-refractivity contribution in [2.75, 3.05) is 45.8 Å². The molecule has 0 radical (unpaired) electrons. The molecule has 0 aromatic rings. The molecule has 130 valence electrons. The monoisotopic (exact) mass is 322 g/mol. The van der Waals surface area contributed by atoms with Crippen LogP contribution in [0.2, 0.25) is 0 Å². The third kappa shape index (κ3) is 4.04. The molecule has 3 rings (SSSR count). The predicted octanol–water partition coefficient (Wildman–Crippen LogP) is 0.284. The van der Waals surface area contributed by atoms with Crippen molar-refractivity contribution >= 4 is 11.8 Å². The maximum Gasteiger partial charge on any atom is 0.239 e. The van der Waals surface area contributed by atoms with Gasteiger partial charge in [0.05, 0.1) is 12.6 Å². The summed E-state index contributed by atoms with van der Waals surface area (Å²) in [5.41, 5.74) is 0. The number of nitrogens with one attached hydrogen (secondary N) is 1. The molecule has 6 nitrogen and oxygen atoms in total. The Kier molecular flexibility index (Phi) is 5.54. The highest BCUT2D eigenvalue weighted by Gasteiger charge is 2.30. The van der Waals surface area contributed by atoms with Crippen molar-refractivity contribution in [2.45, 2.75) is 51.1 Å². The quantitative estimate of drug-likeness (QED) is 0.811. The van der Waals surface area contributed by atoms with E-state index in [0.29, 0.717) is 12.6 Å². The van der Waals surface area contributed by atoms with Crippen LogP contribution >= 0.6 is 0 Å². The SMILES string of the molecule is CC1CCCCN1C(=O)CN1CCN(C(=O)C2CCCN2)CC1. The molecule has 0 aliphatic carbocycles. The second-order valence-corrected chi connectivity index (χ2v) is 7.18. The Bertz CT molecular complexity index is 428. The zero-order chi connectivity index (χ0) is 16.2. The van der Waals surface area contributed by atoms with Crippen molar-refractivity contribution in [1.82, 2.24) is 20.0 Å². The predicted molar refractivity (Wildman–Crippen MR) is 89.1 cm³/mol. The third-order valence-electron chi connectivity index (χ3n) is 5.52. The summed E-state index contributed by atoms with van der Waals surface area (Å²) in [7, 11) is 0. The third-order valence-corrected chi connectivity index (χ3v) is 5.52. The highest BCUT2D eigenvalue weighted by molar-refractivity contribution is 5.82. The minimum Gasteiger partial charge on any atom is -0.339 e. The summed E-state index contributed by atoms with van der Waals surface area (Å²) in [5, 5.41) is 3.28. The summed E-state index contributed by atoms with van der Waals surface area (Å²) in [4.78, 5) is 31.1. The molecule has 2 atom stereocenters. The molecule has 3 aliphatic rings. The van der Waals surface area contributed by atoms with Crippen molar-refractivity contribution in [1.29, 1.82) is 0 Å². The Morgan fingerprint density at radius 1 is 1.00 bits per heavy atom. The van der Waals surface area contributed by atoms with Crippen LogP contribution in [0, 0.1) is 0 Å². The lowest BCUT2D eigenvalue weighted by Crippen LogP contribution is -2.55. The fraction of sp³-hybridized carbons (Fsp3) is 0.882. The number of piperidine rings is 1. The number of rotatable bonds is 3. The van der Waals surface area contributed by atoms with Gasteiger partial charge in [-0.3, -0.25) is 14.5 Å². The van der Waals surface area contributed by atoms with Gasteiger partial charge >= 0.3 is 0 Å². The van der Waals surface area contributed by atoms with Crippen LogP contribution in [0.1, 0.15) is 39.0 Å². The van der Waals surface area contributed by atoms with Crippen molar-refractivity contribution < 1.29 is 9.59 Å². The minimum absolute atomic E-state index is 0.0254. The number of piperazine rings is 1. The number of carbonyl (C=O) groups is 2. The van der Waals surface area contributed by atoms with E-state index in [0.717, 1.165) is 65.0 Å². The molecular formula is C17H30N4O2. The molecule has 0 aromatic heterocycles. The largest absolute Gasteiger partial charge is 0.339 e. The van der Waals surface area contributed by atoms with Gasteiger partial charge in [-0.15, -0.1) is 0 Å². The van der Waals surface area contributed by atoms with Crippen molar-refractivity contribution in [3.05, 3.63) is 0 Å². The maximum atomic E-state index is 12.5. The lowest BCUT2D eigenvalue weighted by atomic mass is 10.0. The fourth-order valence-electron chi connectivity index (χ4n) is 3.99. The first-order valence-electron chi connectivity index (χ1n) is 9.19. The number of hydrogen-bond donors (Lipinski definition) is 1. The van der Waals surface area contributed by atoms with E-state index in [-0.39, 0.29) is 17.9 Å². The molecule has 0 spiro atoms. The van der Waals surface area contributed by atoms with Crippen molar-refractivity contribution in [2.24, 2.45) is 0 Å². The van der Waals surface area contributed by atoms with E-state index in [9.17, 15) is 9.59 Å². The summed E-state index contributed by atoms with van der Waals surface area (Å²) >= 11 is 0. The Labute approximate surface area is 139 Å². The molecule has 0 aromatic carbocycles. The fourth-order valence-corrected chi connectivity index (χ4v) is 3.99. The van der Waals surface area contributed by atoms with Crippen LogP contribution in [-0.2, 0) is 9.59 Å². The molecule has 0 saturated carbocycles. The van der Waals surface area contributed by atoms with Crippen LogP contribution in [0.5, 0.6) is 0 Å². The van der Waals surface area contributed by atoms with E-state index in [1.54, 1.807) is 0 Å². The molecule has 6 heteroatoms. The van der Waals surface area contributed by atoms with Gasteiger partial charge in [0.1, 0.15) is 0 Å². The first kappa shape index (κ1) is 16.7. The zero-order valence-electron chi connectivity index (χ0n) is 14.3. The average molecular weight is 322 g/mol. The van der Waals surface area contributed by atoms with Crippen LogP contribution in [0.15, 0.2) is 0 Å². The molecule has 1 N–H and O–H groups in total. The summed E-state index contributed by atoms with van der Waals surface area (Å²) in [6.07, 6.45) is 5.55. The van der Waals surface area contributed by atoms with Gasteiger partial charge in [0, 0.05) is 38.8 Å². The summed E-state index contributed by atoms with van der Waals surface area (Å²) in [6, 6.07) is 0.407.